The molecule has 0 saturated carbocycles. The van der Waals surface area contributed by atoms with Gasteiger partial charge < -0.3 is 14.0 Å². The van der Waals surface area contributed by atoms with E-state index < -0.39 is 18.3 Å². The minimum absolute atomic E-state index is 0.0387. The van der Waals surface area contributed by atoms with Gasteiger partial charge in [0.05, 0.1) is 23.4 Å². The lowest BCUT2D eigenvalue weighted by atomic mass is 9.78. The molecular weight excluding hydrogens is 363 g/mol. The fourth-order valence-electron chi connectivity index (χ4n) is 2.94. The van der Waals surface area contributed by atoms with E-state index in [1.807, 2.05) is 45.9 Å². The van der Waals surface area contributed by atoms with Crippen LogP contribution in [-0.2, 0) is 14.1 Å². The molecule has 0 bridgehead atoms. The van der Waals surface area contributed by atoms with Crippen LogP contribution in [-0.4, -0.2) is 41.6 Å². The number of Topliss-reactive ketones (excluding diaryl/α,β-unsaturated/α-hetero) is 1. The van der Waals surface area contributed by atoms with Crippen LogP contribution in [0.15, 0.2) is 23.7 Å². The Morgan fingerprint density at radius 2 is 1.89 bits per heavy atom. The van der Waals surface area contributed by atoms with E-state index in [0.717, 1.165) is 11.0 Å². The van der Waals surface area contributed by atoms with Crippen LogP contribution in [0.1, 0.15) is 57.0 Å². The summed E-state index contributed by atoms with van der Waals surface area (Å²) in [4.78, 5) is 23.5. The minimum atomic E-state index is -0.527. The van der Waals surface area contributed by atoms with Crippen LogP contribution >= 0.6 is 11.8 Å². The summed E-state index contributed by atoms with van der Waals surface area (Å²) in [6.45, 7) is 9.96. The molecule has 1 aromatic rings. The van der Waals surface area contributed by atoms with Crippen molar-refractivity contribution >= 4 is 35.9 Å². The van der Waals surface area contributed by atoms with Gasteiger partial charge >= 0.3 is 7.12 Å². The molecule has 3 rings (SSSR count). The van der Waals surface area contributed by atoms with Crippen LogP contribution in [0.2, 0.25) is 0 Å². The number of ether oxygens (including phenoxy) is 1. The molecule has 0 N–H and O–H groups in total. The highest BCUT2D eigenvalue weighted by molar-refractivity contribution is 8.13. The SMILES string of the molecule is CC(=O)SCC(=Cc1ccc2c(c1)OCCC2=O)B1OC(C)(C)C(C)(C)O1. The van der Waals surface area contributed by atoms with Crippen LogP contribution in [0.25, 0.3) is 6.08 Å². The molecule has 0 unspecified atom stereocenters. The van der Waals surface area contributed by atoms with E-state index in [4.69, 9.17) is 14.0 Å². The van der Waals surface area contributed by atoms with E-state index >= 15 is 0 Å². The van der Waals surface area contributed by atoms with Gasteiger partial charge in [0.2, 0.25) is 0 Å². The van der Waals surface area contributed by atoms with Crippen molar-refractivity contribution in [2.75, 3.05) is 12.4 Å². The van der Waals surface area contributed by atoms with E-state index in [9.17, 15) is 9.59 Å². The van der Waals surface area contributed by atoms with Gasteiger partial charge in [0.1, 0.15) is 5.75 Å². The van der Waals surface area contributed by atoms with Gasteiger partial charge in [-0.2, -0.15) is 0 Å². The first-order chi connectivity index (χ1) is 12.6. The fraction of sp³-hybridized carbons (Fsp3) is 0.500. The molecule has 0 aromatic heterocycles. The van der Waals surface area contributed by atoms with Gasteiger partial charge in [0.25, 0.3) is 0 Å². The Balaban J connectivity index is 1.91. The Labute approximate surface area is 165 Å². The molecule has 0 atom stereocenters. The molecule has 0 aliphatic carbocycles. The van der Waals surface area contributed by atoms with Crippen molar-refractivity contribution in [1.82, 2.24) is 0 Å². The largest absolute Gasteiger partial charge is 0.492 e. The third-order valence-corrected chi connectivity index (χ3v) is 6.13. The third kappa shape index (κ3) is 4.31. The smallest absolute Gasteiger partial charge is 0.491 e. The number of hydrogen-bond donors (Lipinski definition) is 0. The molecule has 1 saturated heterocycles. The second kappa shape index (κ2) is 7.45. The summed E-state index contributed by atoms with van der Waals surface area (Å²) in [6.07, 6.45) is 2.37. The Morgan fingerprint density at radius 1 is 1.22 bits per heavy atom. The number of thioether (sulfide) groups is 1. The summed E-state index contributed by atoms with van der Waals surface area (Å²) in [5.74, 6) is 1.18. The van der Waals surface area contributed by atoms with Crippen molar-refractivity contribution in [2.24, 2.45) is 0 Å². The maximum absolute atomic E-state index is 12.0. The van der Waals surface area contributed by atoms with Crippen LogP contribution in [0.4, 0.5) is 0 Å². The molecule has 0 spiro atoms. The van der Waals surface area contributed by atoms with Crippen LogP contribution in [0.3, 0.4) is 0 Å². The third-order valence-electron chi connectivity index (χ3n) is 5.24. The molecule has 0 radical (unpaired) electrons. The molecule has 0 amide bonds. The van der Waals surface area contributed by atoms with Crippen molar-refractivity contribution in [3.8, 4) is 5.75 Å². The zero-order valence-corrected chi connectivity index (χ0v) is 17.3. The molecule has 1 aromatic carbocycles. The van der Waals surface area contributed by atoms with Crippen molar-refractivity contribution in [2.45, 2.75) is 52.2 Å². The summed E-state index contributed by atoms with van der Waals surface area (Å²) in [7, 11) is -0.527. The quantitative estimate of drug-likeness (QED) is 0.728. The first kappa shape index (κ1) is 20.2. The number of fused-ring (bicyclic) bond motifs is 1. The molecule has 27 heavy (non-hydrogen) atoms. The lowest BCUT2D eigenvalue weighted by Gasteiger charge is -2.32. The number of carbonyl (C=O) groups is 2. The highest BCUT2D eigenvalue weighted by Gasteiger charge is 2.52. The van der Waals surface area contributed by atoms with Crippen molar-refractivity contribution in [3.63, 3.8) is 0 Å². The van der Waals surface area contributed by atoms with Gasteiger partial charge in [-0.1, -0.05) is 23.9 Å². The fourth-order valence-corrected chi connectivity index (χ4v) is 3.53. The second-order valence-corrected chi connectivity index (χ2v) is 9.02. The van der Waals surface area contributed by atoms with Crippen LogP contribution < -0.4 is 4.74 Å². The van der Waals surface area contributed by atoms with Crippen LogP contribution in [0, 0.1) is 0 Å². The number of rotatable bonds is 4. The van der Waals surface area contributed by atoms with E-state index in [2.05, 4.69) is 0 Å². The minimum Gasteiger partial charge on any atom is -0.492 e. The Kier molecular flexibility index (Phi) is 5.57. The topological polar surface area (TPSA) is 61.8 Å². The molecular formula is C20H25BO5S. The van der Waals surface area contributed by atoms with E-state index in [1.54, 1.807) is 13.0 Å². The number of benzene rings is 1. The first-order valence-electron chi connectivity index (χ1n) is 9.08. The maximum Gasteiger partial charge on any atom is 0.491 e. The van der Waals surface area contributed by atoms with Gasteiger partial charge in [-0.05, 0) is 50.9 Å². The summed E-state index contributed by atoms with van der Waals surface area (Å²) in [5, 5.41) is 0.0387. The van der Waals surface area contributed by atoms with Gasteiger partial charge in [0, 0.05) is 19.1 Å². The summed E-state index contributed by atoms with van der Waals surface area (Å²) < 4.78 is 18.0. The monoisotopic (exact) mass is 388 g/mol. The number of hydrogen-bond acceptors (Lipinski definition) is 6. The normalized spacial score (nSPS) is 21.0. The lowest BCUT2D eigenvalue weighted by Crippen LogP contribution is -2.41. The highest BCUT2D eigenvalue weighted by atomic mass is 32.2. The van der Waals surface area contributed by atoms with E-state index in [-0.39, 0.29) is 10.9 Å². The first-order valence-corrected chi connectivity index (χ1v) is 10.1. The predicted octanol–water partition coefficient (Wildman–Crippen LogP) is 3.95. The van der Waals surface area contributed by atoms with Gasteiger partial charge in [-0.15, -0.1) is 0 Å². The number of carbonyl (C=O) groups excluding carboxylic acids is 2. The average molecular weight is 388 g/mol. The summed E-state index contributed by atoms with van der Waals surface area (Å²) in [5.41, 5.74) is 1.47. The predicted molar refractivity (Wildman–Crippen MR) is 108 cm³/mol. The zero-order chi connectivity index (χ0) is 19.8. The van der Waals surface area contributed by atoms with E-state index in [0.29, 0.717) is 30.1 Å². The molecule has 5 nitrogen and oxygen atoms in total. The molecule has 7 heteroatoms. The second-order valence-electron chi connectivity index (χ2n) is 7.86. The Hall–Kier alpha value is -1.57. The average Bonchev–Trinajstić information content (AvgIpc) is 2.79. The summed E-state index contributed by atoms with van der Waals surface area (Å²) >= 11 is 1.22. The molecule has 2 aliphatic heterocycles. The number of ketones is 1. The Morgan fingerprint density at radius 3 is 2.52 bits per heavy atom. The maximum atomic E-state index is 12.0. The Bertz CT molecular complexity index is 784. The van der Waals surface area contributed by atoms with Crippen molar-refractivity contribution < 1.29 is 23.6 Å². The molecule has 2 heterocycles. The molecule has 144 valence electrons. The molecule has 2 aliphatic rings. The molecule has 1 fully saturated rings. The lowest BCUT2D eigenvalue weighted by molar-refractivity contribution is -0.109. The van der Waals surface area contributed by atoms with Crippen molar-refractivity contribution in [3.05, 3.63) is 34.8 Å². The van der Waals surface area contributed by atoms with Gasteiger partial charge in [-0.3, -0.25) is 9.59 Å². The van der Waals surface area contributed by atoms with Gasteiger partial charge in [0.15, 0.2) is 10.9 Å². The standard InChI is InChI=1S/C20H25BO5S/c1-13(22)27-12-15(21-25-19(2,3)20(4,5)26-21)10-14-6-7-16-17(23)8-9-24-18(16)11-14/h6-7,10-11H,8-9,12H2,1-5H3. The van der Waals surface area contributed by atoms with Gasteiger partial charge in [-0.25, -0.2) is 0 Å². The van der Waals surface area contributed by atoms with Crippen molar-refractivity contribution in [1.29, 1.82) is 0 Å². The van der Waals surface area contributed by atoms with E-state index in [1.165, 1.54) is 11.8 Å². The highest BCUT2D eigenvalue weighted by Crippen LogP contribution is 2.39. The van der Waals surface area contributed by atoms with Crippen LogP contribution in [0.5, 0.6) is 5.75 Å². The zero-order valence-electron chi connectivity index (χ0n) is 16.5. The summed E-state index contributed by atoms with van der Waals surface area (Å²) in [6, 6.07) is 5.54.